The van der Waals surface area contributed by atoms with Gasteiger partial charge in [-0.15, -0.1) is 0 Å². The molecule has 2 aliphatic rings. The summed E-state index contributed by atoms with van der Waals surface area (Å²) >= 11 is 0. The molecule has 1 aromatic carbocycles. The number of rotatable bonds is 4. The topological polar surface area (TPSA) is 40.5 Å². The van der Waals surface area contributed by atoms with E-state index in [1.165, 1.54) is 11.1 Å². The fraction of sp³-hybridized carbons (Fsp3) is 0.588. The molecule has 1 saturated carbocycles. The predicted molar refractivity (Wildman–Crippen MR) is 78.6 cm³/mol. The lowest BCUT2D eigenvalue weighted by Crippen LogP contribution is -2.40. The molecule has 1 heterocycles. The van der Waals surface area contributed by atoms with Crippen LogP contribution in [0.4, 0.5) is 0 Å². The molecule has 0 spiro atoms. The van der Waals surface area contributed by atoms with Crippen molar-refractivity contribution in [2.75, 3.05) is 13.1 Å². The second-order valence-corrected chi connectivity index (χ2v) is 6.76. The van der Waals surface area contributed by atoms with Crippen LogP contribution in [-0.4, -0.2) is 29.1 Å². The van der Waals surface area contributed by atoms with Gasteiger partial charge in [-0.3, -0.25) is 9.69 Å². The molecular weight excluding hydrogens is 250 g/mol. The van der Waals surface area contributed by atoms with Gasteiger partial charge in [0.1, 0.15) is 0 Å². The fourth-order valence-electron chi connectivity index (χ4n) is 3.50. The van der Waals surface area contributed by atoms with Crippen molar-refractivity contribution in [2.24, 2.45) is 11.3 Å². The van der Waals surface area contributed by atoms with E-state index in [1.807, 2.05) is 0 Å². The van der Waals surface area contributed by atoms with Gasteiger partial charge in [0.05, 0.1) is 5.41 Å². The van der Waals surface area contributed by atoms with E-state index in [9.17, 15) is 9.90 Å². The zero-order valence-corrected chi connectivity index (χ0v) is 12.3. The number of carbonyl (C=O) groups is 1. The Balaban J connectivity index is 1.65. The summed E-state index contributed by atoms with van der Waals surface area (Å²) in [5.41, 5.74) is 2.22. The first-order valence-electron chi connectivity index (χ1n) is 7.56. The minimum Gasteiger partial charge on any atom is -0.481 e. The van der Waals surface area contributed by atoms with Gasteiger partial charge in [-0.05, 0) is 42.3 Å². The Bertz CT molecular complexity index is 508. The molecule has 0 aromatic heterocycles. The highest BCUT2D eigenvalue weighted by molar-refractivity contribution is 5.79. The number of piperidine rings is 1. The van der Waals surface area contributed by atoms with Gasteiger partial charge in [-0.25, -0.2) is 0 Å². The lowest BCUT2D eigenvalue weighted by atomic mass is 9.96. The molecule has 1 N–H and O–H groups in total. The summed E-state index contributed by atoms with van der Waals surface area (Å²) in [6.07, 6.45) is 1.92. The zero-order valence-electron chi connectivity index (χ0n) is 12.3. The number of carboxylic acid groups (broad SMARTS) is 1. The minimum atomic E-state index is -0.595. The number of carboxylic acids is 1. The molecule has 0 bridgehead atoms. The molecule has 20 heavy (non-hydrogen) atoms. The van der Waals surface area contributed by atoms with E-state index in [0.29, 0.717) is 11.8 Å². The summed E-state index contributed by atoms with van der Waals surface area (Å²) in [6, 6.07) is 8.75. The van der Waals surface area contributed by atoms with E-state index in [0.717, 1.165) is 32.5 Å². The first-order valence-corrected chi connectivity index (χ1v) is 7.56. The average molecular weight is 273 g/mol. The Labute approximate surface area is 120 Å². The van der Waals surface area contributed by atoms with Crippen LogP contribution in [0.3, 0.4) is 0 Å². The molecule has 1 saturated heterocycles. The Hall–Kier alpha value is -1.35. The molecule has 3 heteroatoms. The Morgan fingerprint density at radius 2 is 2.10 bits per heavy atom. The third-order valence-electron chi connectivity index (χ3n) is 5.01. The molecule has 0 amide bonds. The van der Waals surface area contributed by atoms with Gasteiger partial charge < -0.3 is 5.11 Å². The van der Waals surface area contributed by atoms with Gasteiger partial charge in [0.25, 0.3) is 0 Å². The summed E-state index contributed by atoms with van der Waals surface area (Å²) in [5.74, 6) is 0.392. The molecule has 2 atom stereocenters. The van der Waals surface area contributed by atoms with Crippen molar-refractivity contribution in [3.05, 3.63) is 35.4 Å². The average Bonchev–Trinajstić information content (AvgIpc) is 3.14. The summed E-state index contributed by atoms with van der Waals surface area (Å²) < 4.78 is 0. The van der Waals surface area contributed by atoms with Crippen molar-refractivity contribution in [3.63, 3.8) is 0 Å². The summed E-state index contributed by atoms with van der Waals surface area (Å²) in [4.78, 5) is 13.7. The summed E-state index contributed by atoms with van der Waals surface area (Å²) in [5, 5.41) is 9.39. The molecule has 3 rings (SSSR count). The highest BCUT2D eigenvalue weighted by Gasteiger charge is 2.62. The molecule has 0 radical (unpaired) electrons. The molecule has 2 unspecified atom stereocenters. The smallest absolute Gasteiger partial charge is 0.311 e. The van der Waals surface area contributed by atoms with E-state index in [-0.39, 0.29) is 0 Å². The van der Waals surface area contributed by atoms with E-state index in [2.05, 4.69) is 43.0 Å². The van der Waals surface area contributed by atoms with E-state index in [1.54, 1.807) is 0 Å². The minimum absolute atomic E-state index is 0.421. The normalized spacial score (nSPS) is 29.2. The molecule has 1 aliphatic carbocycles. The van der Waals surface area contributed by atoms with Crippen LogP contribution in [-0.2, 0) is 11.3 Å². The number of hydrogen-bond donors (Lipinski definition) is 1. The van der Waals surface area contributed by atoms with Crippen LogP contribution in [0.1, 0.15) is 43.7 Å². The maximum atomic E-state index is 11.4. The second kappa shape index (κ2) is 4.88. The second-order valence-electron chi connectivity index (χ2n) is 6.76. The number of benzene rings is 1. The number of aliphatic carboxylic acids is 1. The van der Waals surface area contributed by atoms with Crippen molar-refractivity contribution in [1.82, 2.24) is 4.90 Å². The van der Waals surface area contributed by atoms with Crippen molar-refractivity contribution in [1.29, 1.82) is 0 Å². The number of fused-ring (bicyclic) bond motifs is 1. The number of hydrogen-bond acceptors (Lipinski definition) is 2. The van der Waals surface area contributed by atoms with Crippen LogP contribution in [0, 0.1) is 11.3 Å². The van der Waals surface area contributed by atoms with Crippen molar-refractivity contribution in [2.45, 2.75) is 39.2 Å². The van der Waals surface area contributed by atoms with Gasteiger partial charge in [0, 0.05) is 13.1 Å². The van der Waals surface area contributed by atoms with E-state index in [4.69, 9.17) is 0 Å². The fourth-order valence-corrected chi connectivity index (χ4v) is 3.50. The lowest BCUT2D eigenvalue weighted by Gasteiger charge is -2.30. The van der Waals surface area contributed by atoms with Crippen LogP contribution in [0.15, 0.2) is 24.3 Å². The number of likely N-dealkylation sites (tertiary alicyclic amines) is 1. The van der Waals surface area contributed by atoms with Crippen LogP contribution >= 0.6 is 0 Å². The van der Waals surface area contributed by atoms with Gasteiger partial charge in [0.2, 0.25) is 0 Å². The van der Waals surface area contributed by atoms with Gasteiger partial charge in [-0.2, -0.15) is 0 Å². The van der Waals surface area contributed by atoms with Crippen LogP contribution in [0.2, 0.25) is 0 Å². The van der Waals surface area contributed by atoms with Gasteiger partial charge in [-0.1, -0.05) is 38.1 Å². The first kappa shape index (κ1) is 13.6. The number of nitrogens with zero attached hydrogens (tertiary/aromatic N) is 1. The molecule has 108 valence electrons. The van der Waals surface area contributed by atoms with Crippen LogP contribution in [0.25, 0.3) is 0 Å². The molecule has 1 aromatic rings. The largest absolute Gasteiger partial charge is 0.481 e. The van der Waals surface area contributed by atoms with E-state index < -0.39 is 11.4 Å². The van der Waals surface area contributed by atoms with Crippen molar-refractivity contribution < 1.29 is 9.90 Å². The quantitative estimate of drug-likeness (QED) is 0.916. The van der Waals surface area contributed by atoms with E-state index >= 15 is 0 Å². The lowest BCUT2D eigenvalue weighted by molar-refractivity contribution is -0.145. The molecule has 2 fully saturated rings. The third kappa shape index (κ3) is 2.35. The summed E-state index contributed by atoms with van der Waals surface area (Å²) in [7, 11) is 0. The maximum Gasteiger partial charge on any atom is 0.311 e. The van der Waals surface area contributed by atoms with Crippen molar-refractivity contribution in [3.8, 4) is 0 Å². The first-order chi connectivity index (χ1) is 9.51. The summed E-state index contributed by atoms with van der Waals surface area (Å²) in [6.45, 7) is 7.03. The monoisotopic (exact) mass is 273 g/mol. The highest BCUT2D eigenvalue weighted by atomic mass is 16.4. The SMILES string of the molecule is CC(C)c1ccc(CN2CCC3CC3(C(=O)O)C2)cc1. The Kier molecular flexibility index (Phi) is 3.33. The zero-order chi connectivity index (χ0) is 14.3. The molecule has 3 nitrogen and oxygen atoms in total. The third-order valence-corrected chi connectivity index (χ3v) is 5.01. The predicted octanol–water partition coefficient (Wildman–Crippen LogP) is 3.11. The van der Waals surface area contributed by atoms with Gasteiger partial charge >= 0.3 is 5.97 Å². The maximum absolute atomic E-state index is 11.4. The van der Waals surface area contributed by atoms with Crippen LogP contribution in [0.5, 0.6) is 0 Å². The van der Waals surface area contributed by atoms with Crippen LogP contribution < -0.4 is 0 Å². The Morgan fingerprint density at radius 1 is 1.40 bits per heavy atom. The Morgan fingerprint density at radius 3 is 2.70 bits per heavy atom. The molecular formula is C17H23NO2. The standard InChI is InChI=1S/C17H23NO2/c1-12(2)14-5-3-13(4-6-14)10-18-8-7-15-9-17(15,11-18)16(19)20/h3-6,12,15H,7-11H2,1-2H3,(H,19,20). The van der Waals surface area contributed by atoms with Crippen molar-refractivity contribution >= 4 is 5.97 Å². The molecule has 1 aliphatic heterocycles. The van der Waals surface area contributed by atoms with Gasteiger partial charge in [0.15, 0.2) is 0 Å². The highest BCUT2D eigenvalue weighted by Crippen LogP contribution is 2.57.